The molecule has 0 aliphatic carbocycles. The normalized spacial score (nSPS) is 38.0. The fourth-order valence-electron chi connectivity index (χ4n) is 1.96. The molecule has 2 heterocycles. The molecule has 0 spiro atoms. The smallest absolute Gasteiger partial charge is 0.251 e. The monoisotopic (exact) mass is 244 g/mol. The van der Waals surface area contributed by atoms with Crippen LogP contribution in [0.15, 0.2) is 11.8 Å². The predicted molar refractivity (Wildman–Crippen MR) is 56.1 cm³/mol. The van der Waals surface area contributed by atoms with E-state index in [1.54, 1.807) is 6.92 Å². The molecule has 0 aromatic rings. The van der Waals surface area contributed by atoms with Crippen molar-refractivity contribution in [1.29, 1.82) is 0 Å². The SMILES string of the molecule is CC1=CN([C@@H]2C[C@@H](O)[C@@H](CO)O2)C(O)NC1=O. The number of hydrogen-bond acceptors (Lipinski definition) is 6. The highest BCUT2D eigenvalue weighted by atomic mass is 16.5. The Bertz CT molecular complexity index is 346. The molecule has 0 saturated carbocycles. The van der Waals surface area contributed by atoms with Crippen LogP contribution in [0.3, 0.4) is 0 Å². The third kappa shape index (κ3) is 2.27. The Hall–Kier alpha value is -1.15. The number of nitrogens with zero attached hydrogens (tertiary/aromatic N) is 1. The largest absolute Gasteiger partial charge is 0.394 e. The summed E-state index contributed by atoms with van der Waals surface area (Å²) in [6.07, 6.45) is -1.42. The van der Waals surface area contributed by atoms with Gasteiger partial charge in [-0.15, -0.1) is 0 Å². The first-order chi connectivity index (χ1) is 8.02. The molecule has 1 fully saturated rings. The van der Waals surface area contributed by atoms with E-state index in [0.717, 1.165) is 0 Å². The van der Waals surface area contributed by atoms with Crippen molar-refractivity contribution in [3.05, 3.63) is 11.8 Å². The van der Waals surface area contributed by atoms with Crippen LogP contribution in [0.2, 0.25) is 0 Å². The van der Waals surface area contributed by atoms with Crippen molar-refractivity contribution < 1.29 is 24.9 Å². The summed E-state index contributed by atoms with van der Waals surface area (Å²) in [5, 5.41) is 30.6. The van der Waals surface area contributed by atoms with Crippen LogP contribution >= 0.6 is 0 Å². The van der Waals surface area contributed by atoms with Gasteiger partial charge in [-0.25, -0.2) is 0 Å². The summed E-state index contributed by atoms with van der Waals surface area (Å²) in [4.78, 5) is 12.7. The lowest BCUT2D eigenvalue weighted by Crippen LogP contribution is -2.53. The third-order valence-electron chi connectivity index (χ3n) is 2.96. The fraction of sp³-hybridized carbons (Fsp3) is 0.700. The van der Waals surface area contributed by atoms with Gasteiger partial charge in [0.25, 0.3) is 5.91 Å². The average molecular weight is 244 g/mol. The van der Waals surface area contributed by atoms with E-state index in [0.29, 0.717) is 5.57 Å². The Kier molecular flexibility index (Phi) is 3.34. The van der Waals surface area contributed by atoms with E-state index in [4.69, 9.17) is 9.84 Å². The van der Waals surface area contributed by atoms with Crippen LogP contribution in [0.25, 0.3) is 0 Å². The molecule has 2 aliphatic rings. The number of amides is 1. The number of hydrogen-bond donors (Lipinski definition) is 4. The molecule has 7 nitrogen and oxygen atoms in total. The quantitative estimate of drug-likeness (QED) is 0.451. The van der Waals surface area contributed by atoms with Crippen LogP contribution in [0, 0.1) is 0 Å². The van der Waals surface area contributed by atoms with E-state index in [9.17, 15) is 15.0 Å². The molecule has 0 bridgehead atoms. The van der Waals surface area contributed by atoms with Gasteiger partial charge in [-0.3, -0.25) is 4.79 Å². The lowest BCUT2D eigenvalue weighted by Gasteiger charge is -2.35. The van der Waals surface area contributed by atoms with Gasteiger partial charge in [0, 0.05) is 18.2 Å². The Morgan fingerprint density at radius 1 is 1.59 bits per heavy atom. The molecule has 2 aliphatic heterocycles. The highest BCUT2D eigenvalue weighted by Gasteiger charge is 2.39. The molecule has 7 heteroatoms. The Labute approximate surface area is 98.3 Å². The average Bonchev–Trinajstić information content (AvgIpc) is 2.65. The summed E-state index contributed by atoms with van der Waals surface area (Å²) in [5.41, 5.74) is 0.445. The Morgan fingerprint density at radius 2 is 2.29 bits per heavy atom. The summed E-state index contributed by atoms with van der Waals surface area (Å²) in [6.45, 7) is 1.33. The minimum atomic E-state index is -1.18. The molecular formula is C10H16N2O5. The summed E-state index contributed by atoms with van der Waals surface area (Å²) in [7, 11) is 0. The summed E-state index contributed by atoms with van der Waals surface area (Å²) in [5.74, 6) is -0.342. The molecule has 4 atom stereocenters. The van der Waals surface area contributed by atoms with E-state index in [2.05, 4.69) is 5.32 Å². The number of carbonyl (C=O) groups excluding carboxylic acids is 1. The molecule has 2 rings (SSSR count). The lowest BCUT2D eigenvalue weighted by atomic mass is 10.2. The molecule has 1 saturated heterocycles. The number of carbonyl (C=O) groups is 1. The molecule has 1 unspecified atom stereocenters. The van der Waals surface area contributed by atoms with Crippen molar-refractivity contribution in [1.82, 2.24) is 10.2 Å². The summed E-state index contributed by atoms with van der Waals surface area (Å²) < 4.78 is 5.39. The first-order valence-electron chi connectivity index (χ1n) is 5.42. The van der Waals surface area contributed by atoms with Gasteiger partial charge in [-0.2, -0.15) is 0 Å². The third-order valence-corrected chi connectivity index (χ3v) is 2.96. The predicted octanol–water partition coefficient (Wildman–Crippen LogP) is -1.93. The van der Waals surface area contributed by atoms with Gasteiger partial charge in [0.1, 0.15) is 12.3 Å². The van der Waals surface area contributed by atoms with E-state index in [1.165, 1.54) is 11.1 Å². The zero-order chi connectivity index (χ0) is 12.6. The fourth-order valence-corrected chi connectivity index (χ4v) is 1.96. The maximum absolute atomic E-state index is 11.3. The van der Waals surface area contributed by atoms with Crippen molar-refractivity contribution >= 4 is 5.91 Å². The van der Waals surface area contributed by atoms with E-state index < -0.39 is 24.8 Å². The molecule has 1 amide bonds. The van der Waals surface area contributed by atoms with Crippen molar-refractivity contribution in [3.8, 4) is 0 Å². The van der Waals surface area contributed by atoms with Crippen LogP contribution in [0.4, 0.5) is 0 Å². The standard InChI is InChI=1S/C10H16N2O5/c1-5-3-12(10(16)11-9(5)15)8-2-6(14)7(4-13)17-8/h3,6-8,10,13-14,16H,2,4H2,1H3,(H,11,15)/t6-,7-,8+,10?/m1/s1. The molecular weight excluding hydrogens is 228 g/mol. The van der Waals surface area contributed by atoms with Crippen molar-refractivity contribution in [2.24, 2.45) is 0 Å². The van der Waals surface area contributed by atoms with E-state index >= 15 is 0 Å². The van der Waals surface area contributed by atoms with Crippen LogP contribution in [0.5, 0.6) is 0 Å². The second-order valence-corrected chi connectivity index (χ2v) is 4.22. The minimum Gasteiger partial charge on any atom is -0.394 e. The Balaban J connectivity index is 2.10. The van der Waals surface area contributed by atoms with Crippen LogP contribution in [-0.4, -0.2) is 57.5 Å². The van der Waals surface area contributed by atoms with Crippen molar-refractivity contribution in [2.75, 3.05) is 6.61 Å². The molecule has 96 valence electrons. The van der Waals surface area contributed by atoms with Crippen LogP contribution in [0.1, 0.15) is 13.3 Å². The molecule has 17 heavy (non-hydrogen) atoms. The van der Waals surface area contributed by atoms with Gasteiger partial charge in [0.2, 0.25) is 6.35 Å². The molecule has 4 N–H and O–H groups in total. The molecule has 0 aromatic heterocycles. The number of aliphatic hydroxyl groups excluding tert-OH is 3. The zero-order valence-electron chi connectivity index (χ0n) is 9.41. The van der Waals surface area contributed by atoms with Crippen molar-refractivity contribution in [3.63, 3.8) is 0 Å². The Morgan fingerprint density at radius 3 is 2.88 bits per heavy atom. The maximum atomic E-state index is 11.3. The first-order valence-corrected chi connectivity index (χ1v) is 5.42. The van der Waals surface area contributed by atoms with Gasteiger partial charge in [0.15, 0.2) is 0 Å². The second kappa shape index (κ2) is 4.61. The highest BCUT2D eigenvalue weighted by Crippen LogP contribution is 2.25. The van der Waals surface area contributed by atoms with Crippen LogP contribution in [-0.2, 0) is 9.53 Å². The van der Waals surface area contributed by atoms with Crippen molar-refractivity contribution in [2.45, 2.75) is 38.1 Å². The van der Waals surface area contributed by atoms with Gasteiger partial charge >= 0.3 is 0 Å². The first kappa shape index (κ1) is 12.3. The topological polar surface area (TPSA) is 102 Å². The zero-order valence-corrected chi connectivity index (χ0v) is 9.41. The van der Waals surface area contributed by atoms with Crippen LogP contribution < -0.4 is 5.32 Å². The minimum absolute atomic E-state index is 0.266. The van der Waals surface area contributed by atoms with Gasteiger partial charge in [0.05, 0.1) is 12.7 Å². The molecule has 0 radical (unpaired) electrons. The van der Waals surface area contributed by atoms with Gasteiger partial charge < -0.3 is 30.3 Å². The van der Waals surface area contributed by atoms with E-state index in [1.807, 2.05) is 0 Å². The number of aliphatic hydroxyl groups is 3. The lowest BCUT2D eigenvalue weighted by molar-refractivity contribution is -0.143. The molecule has 0 aromatic carbocycles. The summed E-state index contributed by atoms with van der Waals surface area (Å²) >= 11 is 0. The van der Waals surface area contributed by atoms with Gasteiger partial charge in [-0.05, 0) is 6.92 Å². The van der Waals surface area contributed by atoms with Gasteiger partial charge in [-0.1, -0.05) is 0 Å². The maximum Gasteiger partial charge on any atom is 0.251 e. The van der Waals surface area contributed by atoms with E-state index in [-0.39, 0.29) is 18.9 Å². The summed E-state index contributed by atoms with van der Waals surface area (Å²) in [6, 6.07) is 0. The number of rotatable bonds is 2. The second-order valence-electron chi connectivity index (χ2n) is 4.22. The number of nitrogens with one attached hydrogen (secondary N) is 1. The highest BCUT2D eigenvalue weighted by molar-refractivity contribution is 5.93. The number of ether oxygens (including phenoxy) is 1.